The molecule has 8 rings (SSSR count). The number of aromatic nitrogens is 4. The van der Waals surface area contributed by atoms with Crippen molar-refractivity contribution in [3.05, 3.63) is 143 Å². The van der Waals surface area contributed by atoms with Crippen molar-refractivity contribution in [3.8, 4) is 33.6 Å². The first-order chi connectivity index (χ1) is 29.9. The summed E-state index contributed by atoms with van der Waals surface area (Å²) in [6.45, 7) is 3.83. The Morgan fingerprint density at radius 1 is 0.629 bits per heavy atom. The van der Waals surface area contributed by atoms with Gasteiger partial charge in [-0.1, -0.05) is 84.9 Å². The summed E-state index contributed by atoms with van der Waals surface area (Å²) in [5, 5.41) is 0. The molecule has 6 N–H and O–H groups in total. The largest absolute Gasteiger partial charge is 0.431 e. The Morgan fingerprint density at radius 3 is 1.53 bits per heavy atom. The van der Waals surface area contributed by atoms with Crippen LogP contribution < -0.4 is 11.5 Å². The van der Waals surface area contributed by atoms with Gasteiger partial charge in [0.1, 0.15) is 23.3 Å². The molecule has 62 heavy (non-hydrogen) atoms. The van der Waals surface area contributed by atoms with Gasteiger partial charge in [0.2, 0.25) is 12.2 Å². The highest BCUT2D eigenvalue weighted by Gasteiger charge is 2.39. The van der Waals surface area contributed by atoms with Crippen molar-refractivity contribution >= 4 is 24.0 Å². The van der Waals surface area contributed by atoms with Gasteiger partial charge in [0.25, 0.3) is 11.8 Å². The average Bonchev–Trinajstić information content (AvgIpc) is 4.12. The number of nitrogens with two attached hydrogens (primary N) is 2. The van der Waals surface area contributed by atoms with E-state index < -0.39 is 59.9 Å². The molecule has 2 aliphatic heterocycles. The molecular formula is C46H44F2N8O6. The average molecular weight is 843 g/mol. The highest BCUT2D eigenvalue weighted by atomic mass is 19.1. The van der Waals surface area contributed by atoms with Crippen molar-refractivity contribution in [2.75, 3.05) is 13.1 Å². The SMILES string of the molecule is Cc1c(F)c(-c2cnc(C3CCCN3C(=O)[C@H](OC(N)=O)c3ccccc3)[nH]2)c(C)c(F)c1-c1ccc(-c2cnc(C3CCCN3C(=O)[C@H](OC(N)=O)c3ccccc3)[nH]2)cc1. The van der Waals surface area contributed by atoms with Crippen LogP contribution in [0.25, 0.3) is 33.6 Å². The van der Waals surface area contributed by atoms with Gasteiger partial charge in [-0.3, -0.25) is 9.59 Å². The van der Waals surface area contributed by atoms with Crippen molar-refractivity contribution in [3.63, 3.8) is 0 Å². The standard InChI is InChI=1S/C46H44F2N8O6/c1-25-35(28-19-17-27(18-20-28)31-23-51-41(53-31)33-15-9-21-55(33)43(57)39(61-45(49)59)29-11-5-3-6-12-29)37(47)26(2)36(38(25)48)32-24-52-42(54-32)34-16-10-22-56(34)44(58)40(62-46(50)60)30-13-7-4-8-14-30/h3-8,11-14,17-20,23-24,33-34,39-40H,9-10,15-16,21-22H2,1-2H3,(H2,49,59)(H2,50,60)(H,51,53)(H,52,54)/t33?,34?,39-,40-/m1/s1. The predicted octanol–water partition coefficient (Wildman–Crippen LogP) is 8.03. The Bertz CT molecular complexity index is 2610. The van der Waals surface area contributed by atoms with E-state index in [0.29, 0.717) is 72.8 Å². The van der Waals surface area contributed by atoms with Crippen LogP contribution in [0.15, 0.2) is 97.3 Å². The Balaban J connectivity index is 1.01. The van der Waals surface area contributed by atoms with Crippen LogP contribution in [0.5, 0.6) is 0 Å². The van der Waals surface area contributed by atoms with Gasteiger partial charge in [0, 0.05) is 35.3 Å². The Labute approximate surface area is 355 Å². The molecule has 4 heterocycles. The van der Waals surface area contributed by atoms with Crippen LogP contribution >= 0.6 is 0 Å². The molecule has 2 saturated heterocycles. The van der Waals surface area contributed by atoms with Crippen molar-refractivity contribution < 1.29 is 37.4 Å². The molecule has 0 spiro atoms. The van der Waals surface area contributed by atoms with Gasteiger partial charge in [-0.25, -0.2) is 28.3 Å². The van der Waals surface area contributed by atoms with Crippen molar-refractivity contribution in [1.29, 1.82) is 0 Å². The lowest BCUT2D eigenvalue weighted by atomic mass is 9.91. The van der Waals surface area contributed by atoms with Gasteiger partial charge in [-0.05, 0) is 61.8 Å². The van der Waals surface area contributed by atoms with Gasteiger partial charge in [-0.2, -0.15) is 0 Å². The molecule has 0 saturated carbocycles. The second kappa shape index (κ2) is 17.3. The molecule has 2 aromatic heterocycles. The maximum absolute atomic E-state index is 16.5. The number of imidazole rings is 2. The molecule has 318 valence electrons. The maximum Gasteiger partial charge on any atom is 0.405 e. The summed E-state index contributed by atoms with van der Waals surface area (Å²) in [7, 11) is 0. The molecule has 4 amide bonds. The molecular weight excluding hydrogens is 799 g/mol. The number of hydrogen-bond acceptors (Lipinski definition) is 8. The molecule has 16 heteroatoms. The van der Waals surface area contributed by atoms with Gasteiger partial charge in [0.05, 0.1) is 35.9 Å². The number of ether oxygens (including phenoxy) is 2. The van der Waals surface area contributed by atoms with Crippen molar-refractivity contribution in [2.24, 2.45) is 11.5 Å². The summed E-state index contributed by atoms with van der Waals surface area (Å²) in [5.41, 5.74) is 14.0. The van der Waals surface area contributed by atoms with E-state index in [0.717, 1.165) is 5.56 Å². The van der Waals surface area contributed by atoms with Crippen LogP contribution in [0.1, 0.15) is 83.9 Å². The van der Waals surface area contributed by atoms with Crippen LogP contribution in [-0.2, 0) is 19.1 Å². The van der Waals surface area contributed by atoms with E-state index in [1.54, 1.807) is 101 Å². The molecule has 4 atom stereocenters. The zero-order valence-electron chi connectivity index (χ0n) is 33.9. The first-order valence-corrected chi connectivity index (χ1v) is 20.2. The monoisotopic (exact) mass is 842 g/mol. The molecule has 2 fully saturated rings. The summed E-state index contributed by atoms with van der Waals surface area (Å²) in [5.74, 6) is -1.16. The van der Waals surface area contributed by atoms with E-state index in [1.807, 2.05) is 0 Å². The number of nitrogens with one attached hydrogen (secondary N) is 2. The molecule has 2 unspecified atom stereocenters. The fourth-order valence-electron chi connectivity index (χ4n) is 8.63. The number of rotatable bonds is 11. The Hall–Kier alpha value is -7.36. The summed E-state index contributed by atoms with van der Waals surface area (Å²) in [6, 6.07) is 23.3. The van der Waals surface area contributed by atoms with Crippen LogP contribution in [0.4, 0.5) is 18.4 Å². The molecule has 6 aromatic rings. The lowest BCUT2D eigenvalue weighted by molar-refractivity contribution is -0.142. The third-order valence-electron chi connectivity index (χ3n) is 11.6. The molecule has 4 aromatic carbocycles. The Morgan fingerprint density at radius 2 is 1.05 bits per heavy atom. The van der Waals surface area contributed by atoms with Crippen LogP contribution in [-0.4, -0.2) is 66.8 Å². The summed E-state index contributed by atoms with van der Waals surface area (Å²) < 4.78 is 43.4. The molecule has 2 aliphatic rings. The zero-order valence-corrected chi connectivity index (χ0v) is 33.9. The minimum absolute atomic E-state index is 0.0231. The zero-order chi connectivity index (χ0) is 43.7. The van der Waals surface area contributed by atoms with Crippen LogP contribution in [0.3, 0.4) is 0 Å². The molecule has 0 radical (unpaired) electrons. The van der Waals surface area contributed by atoms with Crippen LogP contribution in [0, 0.1) is 25.5 Å². The second-order valence-electron chi connectivity index (χ2n) is 15.4. The van der Waals surface area contributed by atoms with E-state index in [9.17, 15) is 19.2 Å². The third kappa shape index (κ3) is 7.98. The number of likely N-dealkylation sites (tertiary alicyclic amines) is 2. The number of primary amides is 2. The number of halogens is 2. The van der Waals surface area contributed by atoms with E-state index in [2.05, 4.69) is 19.9 Å². The number of aromatic amines is 2. The van der Waals surface area contributed by atoms with E-state index >= 15 is 8.78 Å². The van der Waals surface area contributed by atoms with Gasteiger partial charge in [0.15, 0.2) is 0 Å². The summed E-state index contributed by atoms with van der Waals surface area (Å²) >= 11 is 0. The first kappa shape index (κ1) is 41.4. The normalized spacial score (nSPS) is 17.2. The number of amides is 4. The highest BCUT2D eigenvalue weighted by Crippen LogP contribution is 2.41. The van der Waals surface area contributed by atoms with E-state index in [1.165, 1.54) is 20.0 Å². The van der Waals surface area contributed by atoms with Gasteiger partial charge < -0.3 is 40.7 Å². The fourth-order valence-corrected chi connectivity index (χ4v) is 8.63. The minimum Gasteiger partial charge on any atom is -0.431 e. The van der Waals surface area contributed by atoms with Gasteiger partial charge >= 0.3 is 12.2 Å². The third-order valence-corrected chi connectivity index (χ3v) is 11.6. The smallest absolute Gasteiger partial charge is 0.405 e. The molecule has 0 bridgehead atoms. The summed E-state index contributed by atoms with van der Waals surface area (Å²) in [4.78, 5) is 69.9. The number of nitrogens with zero attached hydrogens (tertiary/aromatic N) is 4. The number of benzene rings is 4. The number of hydrogen-bond donors (Lipinski definition) is 4. The quantitative estimate of drug-likeness (QED) is 0.100. The van der Waals surface area contributed by atoms with E-state index in [4.69, 9.17) is 20.9 Å². The summed E-state index contributed by atoms with van der Waals surface area (Å²) in [6.07, 6.45) is 1.01. The topological polar surface area (TPSA) is 203 Å². The predicted molar refractivity (Wildman–Crippen MR) is 224 cm³/mol. The highest BCUT2D eigenvalue weighted by molar-refractivity contribution is 5.86. The lowest BCUT2D eigenvalue weighted by Crippen LogP contribution is -2.37. The van der Waals surface area contributed by atoms with E-state index in [-0.39, 0.29) is 27.9 Å². The number of carbonyl (C=O) groups excluding carboxylic acids is 4. The van der Waals surface area contributed by atoms with Crippen molar-refractivity contribution in [1.82, 2.24) is 29.7 Å². The fraction of sp³-hybridized carbons (Fsp3) is 0.261. The molecule has 14 nitrogen and oxygen atoms in total. The Kier molecular flexibility index (Phi) is 11.6. The van der Waals surface area contributed by atoms with Crippen molar-refractivity contribution in [2.45, 2.75) is 63.8 Å². The maximum atomic E-state index is 16.5. The lowest BCUT2D eigenvalue weighted by Gasteiger charge is -2.27. The minimum atomic E-state index is -1.26. The second-order valence-corrected chi connectivity index (χ2v) is 15.4. The molecule has 0 aliphatic carbocycles. The number of H-pyrrole nitrogens is 2. The number of carbonyl (C=O) groups is 4. The van der Waals surface area contributed by atoms with Gasteiger partial charge in [-0.15, -0.1) is 0 Å². The van der Waals surface area contributed by atoms with Crippen LogP contribution in [0.2, 0.25) is 0 Å². The first-order valence-electron chi connectivity index (χ1n) is 20.2.